The summed E-state index contributed by atoms with van der Waals surface area (Å²) in [7, 11) is 2.50. The van der Waals surface area contributed by atoms with E-state index in [0.717, 1.165) is 7.11 Å². The van der Waals surface area contributed by atoms with Gasteiger partial charge in [-0.25, -0.2) is 4.79 Å². The minimum absolute atomic E-state index is 0.108. The highest BCUT2D eigenvalue weighted by atomic mass is 19.4. The van der Waals surface area contributed by atoms with Gasteiger partial charge in [0.1, 0.15) is 0 Å². The standard InChI is InChI=1S/C9H7F3O2.CH5N.CH4O/c10-9(11,12)6-14-8(13)7-4-2-1-3-5-7;2*1-2/h1-5H,6H2;2H2,1H3;2H,1H3. The largest absolute Gasteiger partial charge is 0.452 e. The van der Waals surface area contributed by atoms with Gasteiger partial charge in [-0.3, -0.25) is 0 Å². The minimum Gasteiger partial charge on any atom is -0.452 e. The van der Waals surface area contributed by atoms with Crippen LogP contribution < -0.4 is 5.73 Å². The maximum absolute atomic E-state index is 11.7. The highest BCUT2D eigenvalue weighted by Crippen LogP contribution is 2.15. The number of halogens is 3. The number of aliphatic hydroxyl groups excluding tert-OH is 1. The van der Waals surface area contributed by atoms with Gasteiger partial charge >= 0.3 is 12.1 Å². The van der Waals surface area contributed by atoms with E-state index in [1.807, 2.05) is 0 Å². The average Bonchev–Trinajstić information content (AvgIpc) is 2.41. The SMILES string of the molecule is CN.CO.O=C(OCC(F)(F)F)c1ccccc1. The Balaban J connectivity index is 0. The fourth-order valence-corrected chi connectivity index (χ4v) is 0.805. The molecule has 1 aromatic carbocycles. The van der Waals surface area contributed by atoms with Crippen molar-refractivity contribution in [3.05, 3.63) is 35.9 Å². The van der Waals surface area contributed by atoms with Crippen molar-refractivity contribution in [3.8, 4) is 0 Å². The molecule has 1 aromatic rings. The van der Waals surface area contributed by atoms with Crippen molar-refractivity contribution < 1.29 is 27.8 Å². The van der Waals surface area contributed by atoms with Crippen LogP contribution in [0.1, 0.15) is 10.4 Å². The van der Waals surface area contributed by atoms with Crippen LogP contribution in [0.15, 0.2) is 30.3 Å². The molecule has 18 heavy (non-hydrogen) atoms. The second-order valence-corrected chi connectivity index (χ2v) is 2.56. The van der Waals surface area contributed by atoms with Gasteiger partial charge in [0, 0.05) is 7.11 Å². The number of rotatable bonds is 2. The third kappa shape index (κ3) is 9.61. The van der Waals surface area contributed by atoms with Crippen molar-refractivity contribution in [2.24, 2.45) is 5.73 Å². The molecule has 0 spiro atoms. The molecule has 0 unspecified atom stereocenters. The first-order valence-corrected chi connectivity index (χ1v) is 4.80. The van der Waals surface area contributed by atoms with Crippen LogP contribution in [0.5, 0.6) is 0 Å². The molecule has 0 heterocycles. The molecule has 0 bridgehead atoms. The lowest BCUT2D eigenvalue weighted by Crippen LogP contribution is -2.20. The lowest BCUT2D eigenvalue weighted by molar-refractivity contribution is -0.161. The average molecular weight is 267 g/mol. The Hall–Kier alpha value is -1.60. The second kappa shape index (κ2) is 10.5. The number of esters is 1. The first-order valence-electron chi connectivity index (χ1n) is 4.80. The van der Waals surface area contributed by atoms with Gasteiger partial charge in [-0.05, 0) is 19.2 Å². The molecule has 0 radical (unpaired) electrons. The molecule has 4 nitrogen and oxygen atoms in total. The van der Waals surface area contributed by atoms with Gasteiger partial charge in [0.05, 0.1) is 5.56 Å². The Morgan fingerprint density at radius 2 is 1.67 bits per heavy atom. The molecule has 0 aliphatic heterocycles. The summed E-state index contributed by atoms with van der Waals surface area (Å²) in [6.07, 6.45) is -4.48. The van der Waals surface area contributed by atoms with E-state index in [0.29, 0.717) is 0 Å². The third-order valence-electron chi connectivity index (χ3n) is 1.38. The highest BCUT2D eigenvalue weighted by Gasteiger charge is 2.29. The van der Waals surface area contributed by atoms with Crippen molar-refractivity contribution in [1.82, 2.24) is 0 Å². The van der Waals surface area contributed by atoms with Crippen LogP contribution in [0.4, 0.5) is 13.2 Å². The maximum atomic E-state index is 11.7. The number of carbonyl (C=O) groups excluding carboxylic acids is 1. The number of carbonyl (C=O) groups is 1. The first kappa shape index (κ1) is 18.8. The number of aliphatic hydroxyl groups is 1. The molecule has 3 N–H and O–H groups in total. The molecule has 0 aliphatic carbocycles. The summed E-state index contributed by atoms with van der Waals surface area (Å²) >= 11 is 0. The number of hydrogen-bond donors (Lipinski definition) is 2. The molecule has 0 atom stereocenters. The van der Waals surface area contributed by atoms with Gasteiger partial charge in [0.2, 0.25) is 0 Å². The normalized spacial score (nSPS) is 9.28. The lowest BCUT2D eigenvalue weighted by atomic mass is 10.2. The number of nitrogens with two attached hydrogens (primary N) is 1. The van der Waals surface area contributed by atoms with Crippen LogP contribution >= 0.6 is 0 Å². The third-order valence-corrected chi connectivity index (χ3v) is 1.38. The van der Waals surface area contributed by atoms with E-state index in [1.165, 1.54) is 19.2 Å². The molecule has 0 saturated carbocycles. The Bertz CT molecular complexity index is 315. The van der Waals surface area contributed by atoms with Crippen molar-refractivity contribution >= 4 is 5.97 Å². The van der Waals surface area contributed by atoms with Crippen LogP contribution in [-0.2, 0) is 4.74 Å². The summed E-state index contributed by atoms with van der Waals surface area (Å²) in [4.78, 5) is 11.0. The number of hydrogen-bond acceptors (Lipinski definition) is 4. The molecule has 0 aliphatic rings. The topological polar surface area (TPSA) is 72.5 Å². The smallest absolute Gasteiger partial charge is 0.422 e. The Labute approximate surface area is 103 Å². The van der Waals surface area contributed by atoms with E-state index in [-0.39, 0.29) is 5.56 Å². The van der Waals surface area contributed by atoms with E-state index >= 15 is 0 Å². The zero-order valence-electron chi connectivity index (χ0n) is 10.1. The number of benzene rings is 1. The molecule has 104 valence electrons. The zero-order valence-corrected chi connectivity index (χ0v) is 10.1. The quantitative estimate of drug-likeness (QED) is 0.798. The molecular weight excluding hydrogens is 251 g/mol. The Morgan fingerprint density at radius 3 is 2.06 bits per heavy atom. The fourth-order valence-electron chi connectivity index (χ4n) is 0.805. The molecule has 0 fully saturated rings. The Kier molecular flexibility index (Phi) is 11.0. The predicted octanol–water partition coefficient (Wildman–Crippen LogP) is 1.59. The van der Waals surface area contributed by atoms with Crippen LogP contribution in [0.25, 0.3) is 0 Å². The first-order chi connectivity index (χ1) is 8.49. The van der Waals surface area contributed by atoms with Crippen LogP contribution in [0.3, 0.4) is 0 Å². The maximum Gasteiger partial charge on any atom is 0.422 e. The van der Waals surface area contributed by atoms with E-state index in [2.05, 4.69) is 10.5 Å². The molecule has 0 saturated heterocycles. The molecule has 7 heteroatoms. The second-order valence-electron chi connectivity index (χ2n) is 2.56. The van der Waals surface area contributed by atoms with Crippen LogP contribution in [0, 0.1) is 0 Å². The summed E-state index contributed by atoms with van der Waals surface area (Å²) in [6, 6.07) is 7.52. The number of alkyl halides is 3. The van der Waals surface area contributed by atoms with Crippen molar-refractivity contribution in [3.63, 3.8) is 0 Å². The summed E-state index contributed by atoms with van der Waals surface area (Å²) in [5.74, 6) is -0.970. The lowest BCUT2D eigenvalue weighted by Gasteiger charge is -2.07. The Morgan fingerprint density at radius 1 is 1.22 bits per heavy atom. The molecule has 0 aromatic heterocycles. The van der Waals surface area contributed by atoms with Gasteiger partial charge in [-0.1, -0.05) is 18.2 Å². The van der Waals surface area contributed by atoms with Crippen LogP contribution in [0.2, 0.25) is 0 Å². The molecule has 1 rings (SSSR count). The van der Waals surface area contributed by atoms with Gasteiger partial charge in [-0.15, -0.1) is 0 Å². The van der Waals surface area contributed by atoms with Crippen LogP contribution in [-0.4, -0.2) is 38.0 Å². The summed E-state index contributed by atoms with van der Waals surface area (Å²) in [6.45, 7) is -1.55. The predicted molar refractivity (Wildman–Crippen MR) is 61.0 cm³/mol. The van der Waals surface area contributed by atoms with Crippen molar-refractivity contribution in [1.29, 1.82) is 0 Å². The van der Waals surface area contributed by atoms with Gasteiger partial charge in [0.15, 0.2) is 6.61 Å². The van der Waals surface area contributed by atoms with Crippen molar-refractivity contribution in [2.75, 3.05) is 20.8 Å². The molecule has 0 amide bonds. The van der Waals surface area contributed by atoms with E-state index < -0.39 is 18.8 Å². The summed E-state index contributed by atoms with van der Waals surface area (Å²) in [5, 5.41) is 7.00. The van der Waals surface area contributed by atoms with E-state index in [4.69, 9.17) is 5.11 Å². The highest BCUT2D eigenvalue weighted by molar-refractivity contribution is 5.89. The minimum atomic E-state index is -4.48. The van der Waals surface area contributed by atoms with Crippen molar-refractivity contribution in [2.45, 2.75) is 6.18 Å². The fraction of sp³-hybridized carbons (Fsp3) is 0.364. The van der Waals surface area contributed by atoms with Gasteiger partial charge in [0.25, 0.3) is 0 Å². The zero-order chi connectivity index (χ0) is 14.6. The number of ether oxygens (including phenoxy) is 1. The summed E-state index contributed by atoms with van der Waals surface area (Å²) < 4.78 is 39.0. The van der Waals surface area contributed by atoms with E-state index in [9.17, 15) is 18.0 Å². The van der Waals surface area contributed by atoms with Gasteiger partial charge in [-0.2, -0.15) is 13.2 Å². The van der Waals surface area contributed by atoms with E-state index in [1.54, 1.807) is 18.2 Å². The summed E-state index contributed by atoms with van der Waals surface area (Å²) in [5.41, 5.74) is 4.61. The van der Waals surface area contributed by atoms with Gasteiger partial charge < -0.3 is 15.6 Å². The molecular formula is C11H16F3NO3. The monoisotopic (exact) mass is 267 g/mol.